The van der Waals surface area contributed by atoms with E-state index in [-0.39, 0.29) is 18.9 Å². The maximum absolute atomic E-state index is 12.8. The normalized spacial score (nSPS) is 23.4. The van der Waals surface area contributed by atoms with Gasteiger partial charge in [-0.05, 0) is 19.3 Å². The molecular formula is C13H16F3N5. The van der Waals surface area contributed by atoms with Crippen molar-refractivity contribution in [3.63, 3.8) is 0 Å². The van der Waals surface area contributed by atoms with E-state index >= 15 is 0 Å². The molecule has 0 unspecified atom stereocenters. The Labute approximate surface area is 119 Å². The quantitative estimate of drug-likeness (QED) is 0.926. The maximum Gasteiger partial charge on any atom is 0.391 e. The topological polar surface area (TPSA) is 55.6 Å². The lowest BCUT2D eigenvalue weighted by Gasteiger charge is -2.31. The van der Waals surface area contributed by atoms with Gasteiger partial charge in [-0.3, -0.25) is 4.68 Å². The lowest BCUT2D eigenvalue weighted by atomic mass is 9.85. The van der Waals surface area contributed by atoms with E-state index < -0.39 is 12.1 Å². The standard InChI is InChI=1S/C13H16F3N5/c1-21-12-10(6-19-21)11(17-7-18-12)20-9-4-2-3-8(5-9)13(14,15)16/h6-9H,2-5H2,1H3,(H,17,18,20)/t8-,9+/m0/s1. The second-order valence-corrected chi connectivity index (χ2v) is 5.47. The Bertz CT molecular complexity index is 636. The van der Waals surface area contributed by atoms with Gasteiger partial charge < -0.3 is 5.32 Å². The van der Waals surface area contributed by atoms with Gasteiger partial charge in [0, 0.05) is 13.1 Å². The highest BCUT2D eigenvalue weighted by Gasteiger charge is 2.42. The number of nitrogens with zero attached hydrogens (tertiary/aromatic N) is 4. The smallest absolute Gasteiger partial charge is 0.367 e. The number of aryl methyl sites for hydroxylation is 1. The van der Waals surface area contributed by atoms with Crippen LogP contribution in [0.4, 0.5) is 19.0 Å². The van der Waals surface area contributed by atoms with Crippen LogP contribution in [0.15, 0.2) is 12.5 Å². The molecule has 8 heteroatoms. The monoisotopic (exact) mass is 299 g/mol. The summed E-state index contributed by atoms with van der Waals surface area (Å²) >= 11 is 0. The number of halogens is 3. The second-order valence-electron chi connectivity index (χ2n) is 5.47. The third-order valence-corrected chi connectivity index (χ3v) is 4.01. The van der Waals surface area contributed by atoms with Crippen molar-refractivity contribution in [1.29, 1.82) is 0 Å². The van der Waals surface area contributed by atoms with Crippen molar-refractivity contribution in [3.8, 4) is 0 Å². The van der Waals surface area contributed by atoms with Crippen molar-refractivity contribution in [2.24, 2.45) is 13.0 Å². The second kappa shape index (κ2) is 5.16. The minimum atomic E-state index is -4.12. The van der Waals surface area contributed by atoms with Crippen LogP contribution in [0.25, 0.3) is 11.0 Å². The van der Waals surface area contributed by atoms with Crippen LogP contribution in [0.3, 0.4) is 0 Å². The van der Waals surface area contributed by atoms with E-state index in [2.05, 4.69) is 20.4 Å². The van der Waals surface area contributed by atoms with E-state index in [9.17, 15) is 13.2 Å². The molecule has 5 nitrogen and oxygen atoms in total. The van der Waals surface area contributed by atoms with Gasteiger partial charge in [0.1, 0.15) is 12.1 Å². The van der Waals surface area contributed by atoms with Gasteiger partial charge in [0.05, 0.1) is 17.5 Å². The van der Waals surface area contributed by atoms with Crippen LogP contribution in [-0.2, 0) is 7.05 Å². The van der Waals surface area contributed by atoms with Crippen LogP contribution in [0.2, 0.25) is 0 Å². The highest BCUT2D eigenvalue weighted by Crippen LogP contribution is 2.38. The molecule has 0 spiro atoms. The first-order chi connectivity index (χ1) is 9.95. The molecule has 1 aliphatic rings. The molecular weight excluding hydrogens is 283 g/mol. The molecule has 2 atom stereocenters. The Kier molecular flexibility index (Phi) is 3.46. The van der Waals surface area contributed by atoms with Gasteiger partial charge >= 0.3 is 6.18 Å². The first-order valence-corrected chi connectivity index (χ1v) is 6.91. The molecule has 0 aliphatic heterocycles. The lowest BCUT2D eigenvalue weighted by Crippen LogP contribution is -2.34. The van der Waals surface area contributed by atoms with Gasteiger partial charge in [-0.25, -0.2) is 9.97 Å². The highest BCUT2D eigenvalue weighted by molar-refractivity contribution is 5.86. The van der Waals surface area contributed by atoms with Crippen LogP contribution in [0.1, 0.15) is 25.7 Å². The van der Waals surface area contributed by atoms with E-state index in [0.29, 0.717) is 17.9 Å². The van der Waals surface area contributed by atoms with Gasteiger partial charge in [0.2, 0.25) is 0 Å². The fourth-order valence-corrected chi connectivity index (χ4v) is 2.89. The van der Waals surface area contributed by atoms with Gasteiger partial charge in [-0.15, -0.1) is 0 Å². The average Bonchev–Trinajstić information content (AvgIpc) is 2.81. The van der Waals surface area contributed by atoms with Crippen molar-refractivity contribution in [1.82, 2.24) is 19.7 Å². The molecule has 0 radical (unpaired) electrons. The molecule has 0 bridgehead atoms. The zero-order valence-corrected chi connectivity index (χ0v) is 11.6. The number of hydrogen-bond donors (Lipinski definition) is 1. The lowest BCUT2D eigenvalue weighted by molar-refractivity contribution is -0.182. The van der Waals surface area contributed by atoms with Gasteiger partial charge in [0.15, 0.2) is 5.65 Å². The van der Waals surface area contributed by atoms with E-state index in [1.165, 1.54) is 6.33 Å². The van der Waals surface area contributed by atoms with Crippen LogP contribution >= 0.6 is 0 Å². The van der Waals surface area contributed by atoms with Crippen molar-refractivity contribution in [2.45, 2.75) is 37.9 Å². The Morgan fingerprint density at radius 2 is 2.10 bits per heavy atom. The molecule has 2 aromatic heterocycles. The minimum Gasteiger partial charge on any atom is -0.367 e. The maximum atomic E-state index is 12.8. The van der Waals surface area contributed by atoms with Crippen LogP contribution < -0.4 is 5.32 Å². The van der Waals surface area contributed by atoms with Crippen LogP contribution in [0.5, 0.6) is 0 Å². The SMILES string of the molecule is Cn1ncc2c(N[C@@H]3CCC[C@H](C(F)(F)F)C3)ncnc21. The summed E-state index contributed by atoms with van der Waals surface area (Å²) in [5.74, 6) is -0.670. The molecule has 0 saturated heterocycles. The number of fused-ring (bicyclic) bond motifs is 1. The van der Waals surface area contributed by atoms with Gasteiger partial charge in [-0.2, -0.15) is 18.3 Å². The van der Waals surface area contributed by atoms with Crippen molar-refractivity contribution >= 4 is 16.9 Å². The molecule has 1 aliphatic carbocycles. The Hall–Kier alpha value is -1.86. The highest BCUT2D eigenvalue weighted by atomic mass is 19.4. The van der Waals surface area contributed by atoms with Crippen molar-refractivity contribution in [2.75, 3.05) is 5.32 Å². The molecule has 3 rings (SSSR count). The largest absolute Gasteiger partial charge is 0.391 e. The zero-order valence-electron chi connectivity index (χ0n) is 11.6. The van der Waals surface area contributed by atoms with Crippen LogP contribution in [0, 0.1) is 5.92 Å². The predicted molar refractivity (Wildman–Crippen MR) is 71.7 cm³/mol. The molecule has 114 valence electrons. The van der Waals surface area contributed by atoms with Crippen molar-refractivity contribution in [3.05, 3.63) is 12.5 Å². The van der Waals surface area contributed by atoms with E-state index in [4.69, 9.17) is 0 Å². The number of hydrogen-bond acceptors (Lipinski definition) is 4. The summed E-state index contributed by atoms with van der Waals surface area (Å²) in [4.78, 5) is 8.26. The number of aromatic nitrogens is 4. The number of nitrogens with one attached hydrogen (secondary N) is 1. The van der Waals surface area contributed by atoms with Crippen molar-refractivity contribution < 1.29 is 13.2 Å². The third-order valence-electron chi connectivity index (χ3n) is 4.01. The Balaban J connectivity index is 1.79. The first kappa shape index (κ1) is 14.1. The summed E-state index contributed by atoms with van der Waals surface area (Å²) in [5, 5.41) is 7.96. The summed E-state index contributed by atoms with van der Waals surface area (Å²) in [6.45, 7) is 0. The molecule has 1 saturated carbocycles. The fraction of sp³-hybridized carbons (Fsp3) is 0.615. The molecule has 2 heterocycles. The van der Waals surface area contributed by atoms with E-state index in [1.807, 2.05) is 0 Å². The summed E-state index contributed by atoms with van der Waals surface area (Å²) in [6, 6.07) is -0.219. The summed E-state index contributed by atoms with van der Waals surface area (Å²) in [5.41, 5.74) is 0.663. The summed E-state index contributed by atoms with van der Waals surface area (Å²) in [6.07, 6.45) is 0.512. The minimum absolute atomic E-state index is 0.0925. The zero-order chi connectivity index (χ0) is 15.0. The number of rotatable bonds is 2. The third kappa shape index (κ3) is 2.79. The fourth-order valence-electron chi connectivity index (χ4n) is 2.89. The average molecular weight is 299 g/mol. The number of anilines is 1. The number of alkyl halides is 3. The molecule has 21 heavy (non-hydrogen) atoms. The Morgan fingerprint density at radius 3 is 2.86 bits per heavy atom. The predicted octanol–water partition coefficient (Wildman–Crippen LogP) is 2.90. The van der Waals surface area contributed by atoms with E-state index in [1.54, 1.807) is 17.9 Å². The van der Waals surface area contributed by atoms with E-state index in [0.717, 1.165) is 11.8 Å². The Morgan fingerprint density at radius 1 is 1.29 bits per heavy atom. The molecule has 0 aromatic carbocycles. The summed E-state index contributed by atoms with van der Waals surface area (Å²) < 4.78 is 40.1. The summed E-state index contributed by atoms with van der Waals surface area (Å²) in [7, 11) is 1.76. The van der Waals surface area contributed by atoms with Gasteiger partial charge in [0.25, 0.3) is 0 Å². The first-order valence-electron chi connectivity index (χ1n) is 6.91. The molecule has 1 N–H and O–H groups in total. The molecule has 1 fully saturated rings. The van der Waals surface area contributed by atoms with Gasteiger partial charge in [-0.1, -0.05) is 6.42 Å². The molecule has 2 aromatic rings. The van der Waals surface area contributed by atoms with Crippen LogP contribution in [-0.4, -0.2) is 32.0 Å². The molecule has 0 amide bonds.